The van der Waals surface area contributed by atoms with Crippen molar-refractivity contribution in [1.82, 2.24) is 15.0 Å². The molecule has 0 aliphatic carbocycles. The van der Waals surface area contributed by atoms with Gasteiger partial charge in [0.25, 0.3) is 11.5 Å². The molecule has 0 aliphatic heterocycles. The minimum absolute atomic E-state index is 0.0428. The molecule has 0 unspecified atom stereocenters. The number of aromatic nitrogens is 2. The van der Waals surface area contributed by atoms with Gasteiger partial charge in [0.1, 0.15) is 17.1 Å². The summed E-state index contributed by atoms with van der Waals surface area (Å²) >= 11 is 4.77. The summed E-state index contributed by atoms with van der Waals surface area (Å²) in [6.45, 7) is 1.82. The van der Waals surface area contributed by atoms with Crippen LogP contribution in [0.5, 0.6) is 5.75 Å². The van der Waals surface area contributed by atoms with Crippen LogP contribution in [0.3, 0.4) is 0 Å². The van der Waals surface area contributed by atoms with Crippen LogP contribution in [0.1, 0.15) is 17.4 Å². The van der Waals surface area contributed by atoms with Gasteiger partial charge in [-0.25, -0.2) is 10.4 Å². The predicted octanol–water partition coefficient (Wildman–Crippen LogP) is 2.64. The lowest BCUT2D eigenvalue weighted by Gasteiger charge is -2.04. The van der Waals surface area contributed by atoms with E-state index in [0.29, 0.717) is 15.8 Å². The molecule has 134 valence electrons. The number of hydrogen-bond donors (Lipinski definition) is 2. The molecular formula is C17H15BrN4O3S. The molecule has 2 aromatic heterocycles. The number of fused-ring (bicyclic) bond motifs is 1. The summed E-state index contributed by atoms with van der Waals surface area (Å²) in [6, 6.07) is 6.68. The van der Waals surface area contributed by atoms with E-state index in [4.69, 9.17) is 0 Å². The average molecular weight is 435 g/mol. The SMILES string of the molecule is CCc1cc2c(=O)n(CC(=O)N/N=C\c3cc(Br)ccc3O)cnc2s1. The van der Waals surface area contributed by atoms with E-state index >= 15 is 0 Å². The molecule has 26 heavy (non-hydrogen) atoms. The number of carbonyl (C=O) groups is 1. The van der Waals surface area contributed by atoms with Gasteiger partial charge in [-0.05, 0) is 30.7 Å². The number of phenolic OH excluding ortho intramolecular Hbond substituents is 1. The van der Waals surface area contributed by atoms with Crippen LogP contribution >= 0.6 is 27.3 Å². The van der Waals surface area contributed by atoms with Crippen molar-refractivity contribution in [2.45, 2.75) is 19.9 Å². The number of nitrogens with one attached hydrogen (secondary N) is 1. The molecule has 0 radical (unpaired) electrons. The Morgan fingerprint density at radius 3 is 3.04 bits per heavy atom. The number of benzene rings is 1. The predicted molar refractivity (Wildman–Crippen MR) is 105 cm³/mol. The summed E-state index contributed by atoms with van der Waals surface area (Å²) in [5, 5.41) is 14.0. The Balaban J connectivity index is 1.71. The first-order chi connectivity index (χ1) is 12.5. The van der Waals surface area contributed by atoms with Crippen molar-refractivity contribution in [2.75, 3.05) is 0 Å². The summed E-state index contributed by atoms with van der Waals surface area (Å²) in [6.07, 6.45) is 3.52. The van der Waals surface area contributed by atoms with Gasteiger partial charge in [-0.1, -0.05) is 22.9 Å². The molecule has 0 aliphatic rings. The number of aromatic hydroxyl groups is 1. The van der Waals surface area contributed by atoms with Crippen LogP contribution in [0.15, 0.2) is 45.0 Å². The third kappa shape index (κ3) is 4.00. The molecule has 0 saturated heterocycles. The number of carbonyl (C=O) groups excluding carboxylic acids is 1. The van der Waals surface area contributed by atoms with E-state index in [0.717, 1.165) is 15.8 Å². The molecule has 0 saturated carbocycles. The normalized spacial score (nSPS) is 11.3. The Kier molecular flexibility index (Phi) is 5.48. The van der Waals surface area contributed by atoms with E-state index in [9.17, 15) is 14.7 Å². The molecule has 3 aromatic rings. The van der Waals surface area contributed by atoms with E-state index in [1.165, 1.54) is 34.5 Å². The molecule has 7 nitrogen and oxygen atoms in total. The van der Waals surface area contributed by atoms with Crippen molar-refractivity contribution < 1.29 is 9.90 Å². The first kappa shape index (κ1) is 18.3. The first-order valence-electron chi connectivity index (χ1n) is 7.76. The maximum atomic E-state index is 12.4. The molecule has 0 atom stereocenters. The Bertz CT molecular complexity index is 1060. The van der Waals surface area contributed by atoms with Gasteiger partial charge in [0.15, 0.2) is 0 Å². The van der Waals surface area contributed by atoms with E-state index < -0.39 is 5.91 Å². The lowest BCUT2D eigenvalue weighted by atomic mass is 10.2. The minimum Gasteiger partial charge on any atom is -0.507 e. The van der Waals surface area contributed by atoms with Crippen molar-refractivity contribution >= 4 is 49.6 Å². The molecule has 9 heteroatoms. The molecule has 1 amide bonds. The fourth-order valence-electron chi connectivity index (χ4n) is 2.29. The fourth-order valence-corrected chi connectivity index (χ4v) is 3.59. The molecule has 0 fully saturated rings. The van der Waals surface area contributed by atoms with Crippen molar-refractivity contribution in [3.8, 4) is 5.75 Å². The quantitative estimate of drug-likeness (QED) is 0.476. The third-order valence-electron chi connectivity index (χ3n) is 3.61. The third-order valence-corrected chi connectivity index (χ3v) is 5.29. The Morgan fingerprint density at radius 1 is 1.46 bits per heavy atom. The zero-order valence-electron chi connectivity index (χ0n) is 13.8. The van der Waals surface area contributed by atoms with Gasteiger partial charge in [-0.2, -0.15) is 5.10 Å². The number of hydrogen-bond acceptors (Lipinski definition) is 6. The first-order valence-corrected chi connectivity index (χ1v) is 9.37. The van der Waals surface area contributed by atoms with Gasteiger partial charge < -0.3 is 5.11 Å². The number of amides is 1. The van der Waals surface area contributed by atoms with Gasteiger partial charge in [-0.3, -0.25) is 14.2 Å². The highest BCUT2D eigenvalue weighted by molar-refractivity contribution is 9.10. The van der Waals surface area contributed by atoms with Crippen molar-refractivity contribution in [3.05, 3.63) is 55.9 Å². The number of aryl methyl sites for hydroxylation is 1. The van der Waals surface area contributed by atoms with Crippen LogP contribution in [0.2, 0.25) is 0 Å². The molecule has 3 rings (SSSR count). The molecule has 2 N–H and O–H groups in total. The number of halogens is 1. The van der Waals surface area contributed by atoms with E-state index in [-0.39, 0.29) is 17.9 Å². The number of rotatable bonds is 5. The average Bonchev–Trinajstić information content (AvgIpc) is 3.05. The number of nitrogens with zero attached hydrogens (tertiary/aromatic N) is 3. The van der Waals surface area contributed by atoms with Crippen molar-refractivity contribution in [2.24, 2.45) is 5.10 Å². The summed E-state index contributed by atoms with van der Waals surface area (Å²) < 4.78 is 2.02. The van der Waals surface area contributed by atoms with Crippen molar-refractivity contribution in [1.29, 1.82) is 0 Å². The largest absolute Gasteiger partial charge is 0.507 e. The van der Waals surface area contributed by atoms with Gasteiger partial charge in [0.05, 0.1) is 17.9 Å². The molecule has 0 bridgehead atoms. The second-order valence-corrected chi connectivity index (χ2v) is 7.49. The van der Waals surface area contributed by atoms with Gasteiger partial charge in [-0.15, -0.1) is 11.3 Å². The topological polar surface area (TPSA) is 96.6 Å². The Morgan fingerprint density at radius 2 is 2.27 bits per heavy atom. The van der Waals surface area contributed by atoms with Crippen LogP contribution in [0, 0.1) is 0 Å². The standard InChI is InChI=1S/C17H15BrN4O3S/c1-2-12-6-13-16(26-12)19-9-22(17(13)25)8-15(24)21-20-7-10-5-11(18)3-4-14(10)23/h3-7,9,23H,2,8H2,1H3,(H,21,24)/b20-7-. The number of phenols is 1. The van der Waals surface area contributed by atoms with Crippen LogP contribution in [0.4, 0.5) is 0 Å². The maximum absolute atomic E-state index is 12.4. The van der Waals surface area contributed by atoms with E-state index in [1.807, 2.05) is 13.0 Å². The van der Waals surface area contributed by atoms with E-state index in [2.05, 4.69) is 31.4 Å². The highest BCUT2D eigenvalue weighted by Crippen LogP contribution is 2.21. The molecule has 1 aromatic carbocycles. The molecule has 0 spiro atoms. The molecule has 2 heterocycles. The summed E-state index contributed by atoms with van der Waals surface area (Å²) in [5.74, 6) is -0.425. The van der Waals surface area contributed by atoms with Crippen molar-refractivity contribution in [3.63, 3.8) is 0 Å². The van der Waals surface area contributed by atoms with E-state index in [1.54, 1.807) is 12.1 Å². The van der Waals surface area contributed by atoms with Gasteiger partial charge in [0.2, 0.25) is 0 Å². The second-order valence-electron chi connectivity index (χ2n) is 5.46. The zero-order valence-corrected chi connectivity index (χ0v) is 16.2. The summed E-state index contributed by atoms with van der Waals surface area (Å²) in [4.78, 5) is 30.5. The maximum Gasteiger partial charge on any atom is 0.262 e. The molecular weight excluding hydrogens is 420 g/mol. The van der Waals surface area contributed by atoms with Gasteiger partial charge in [0, 0.05) is 14.9 Å². The number of hydrazone groups is 1. The van der Waals surface area contributed by atoms with Crippen LogP contribution in [-0.2, 0) is 17.8 Å². The zero-order chi connectivity index (χ0) is 18.7. The monoisotopic (exact) mass is 434 g/mol. The number of thiophene rings is 1. The van der Waals surface area contributed by atoms with Crippen LogP contribution in [0.25, 0.3) is 10.2 Å². The van der Waals surface area contributed by atoms with Crippen LogP contribution < -0.4 is 11.0 Å². The van der Waals surface area contributed by atoms with Crippen LogP contribution in [-0.4, -0.2) is 26.8 Å². The lowest BCUT2D eigenvalue weighted by Crippen LogP contribution is -2.29. The Labute approximate surface area is 161 Å². The van der Waals surface area contributed by atoms with Gasteiger partial charge >= 0.3 is 0 Å². The fraction of sp³-hybridized carbons (Fsp3) is 0.176. The lowest BCUT2D eigenvalue weighted by molar-refractivity contribution is -0.121. The highest BCUT2D eigenvalue weighted by atomic mass is 79.9. The second kappa shape index (κ2) is 7.79. The summed E-state index contributed by atoms with van der Waals surface area (Å²) in [7, 11) is 0. The minimum atomic E-state index is -0.468. The summed E-state index contributed by atoms with van der Waals surface area (Å²) in [5.41, 5.74) is 2.53. The Hall–Kier alpha value is -2.52. The highest BCUT2D eigenvalue weighted by Gasteiger charge is 2.10. The smallest absolute Gasteiger partial charge is 0.262 e.